The normalized spacial score (nSPS) is 13.0. The highest BCUT2D eigenvalue weighted by Crippen LogP contribution is 2.18. The van der Waals surface area contributed by atoms with Gasteiger partial charge in [0.25, 0.3) is 0 Å². The predicted molar refractivity (Wildman–Crippen MR) is 128 cm³/mol. The molecule has 0 heterocycles. The van der Waals surface area contributed by atoms with Gasteiger partial charge in [-0.1, -0.05) is 64.1 Å². The maximum Gasteiger partial charge on any atom is 0.243 e. The summed E-state index contributed by atoms with van der Waals surface area (Å²) >= 11 is 0. The van der Waals surface area contributed by atoms with Gasteiger partial charge in [0.15, 0.2) is 0 Å². The molecule has 174 valence electrons. The minimum Gasteiger partial charge on any atom is -0.352 e. The Labute approximate surface area is 192 Å². The molecule has 0 aliphatic carbocycles. The van der Waals surface area contributed by atoms with Crippen molar-refractivity contribution in [2.24, 2.45) is 0 Å². The summed E-state index contributed by atoms with van der Waals surface area (Å²) in [5.41, 5.74) is 3.17. The molecule has 0 radical (unpaired) electrons. The Balaban J connectivity index is 2.18. The summed E-state index contributed by atoms with van der Waals surface area (Å²) in [5, 5.41) is 3.01. The quantitative estimate of drug-likeness (QED) is 0.494. The fourth-order valence-corrected chi connectivity index (χ4v) is 3.61. The molecule has 0 aromatic heterocycles. The lowest BCUT2D eigenvalue weighted by Gasteiger charge is -2.31. The molecule has 4 nitrogen and oxygen atoms in total. The molecule has 1 N–H and O–H groups in total. The number of amides is 2. The number of benzene rings is 2. The summed E-state index contributed by atoms with van der Waals surface area (Å²) in [4.78, 5) is 27.9. The average molecular weight is 441 g/mol. The minimum absolute atomic E-state index is 0.0406. The van der Waals surface area contributed by atoms with Gasteiger partial charge < -0.3 is 10.2 Å². The van der Waals surface area contributed by atoms with E-state index in [0.717, 1.165) is 17.5 Å². The molecule has 0 unspecified atom stereocenters. The number of aryl methyl sites for hydroxylation is 1. The standard InChI is InChI=1S/C27H37FN2O2/c1-6-20(5)29-27(32)25(7-2)30(18-22-10-15-24(28)16-11-22)26(31)17-12-21-8-13-23(14-9-21)19(3)4/h8-11,13-16,19-20,25H,6-7,12,17-18H2,1-5H3,(H,29,32)/t20-,25+/m0/s1. The summed E-state index contributed by atoms with van der Waals surface area (Å²) in [6.45, 7) is 10.5. The maximum absolute atomic E-state index is 13.4. The topological polar surface area (TPSA) is 49.4 Å². The van der Waals surface area contributed by atoms with Crippen LogP contribution in [0.3, 0.4) is 0 Å². The molecule has 2 aromatic carbocycles. The van der Waals surface area contributed by atoms with Crippen molar-refractivity contribution in [3.8, 4) is 0 Å². The molecule has 0 aliphatic rings. The number of carbonyl (C=O) groups is 2. The molecule has 0 fully saturated rings. The fourth-order valence-electron chi connectivity index (χ4n) is 3.61. The van der Waals surface area contributed by atoms with Crippen molar-refractivity contribution in [3.63, 3.8) is 0 Å². The zero-order chi connectivity index (χ0) is 23.7. The van der Waals surface area contributed by atoms with E-state index in [4.69, 9.17) is 0 Å². The predicted octanol–water partition coefficient (Wildman–Crippen LogP) is 5.60. The average Bonchev–Trinajstić information content (AvgIpc) is 2.78. The zero-order valence-corrected chi connectivity index (χ0v) is 20.0. The molecule has 2 rings (SSSR count). The van der Waals surface area contributed by atoms with Gasteiger partial charge >= 0.3 is 0 Å². The molecular weight excluding hydrogens is 403 g/mol. The van der Waals surface area contributed by atoms with Crippen molar-refractivity contribution >= 4 is 11.8 Å². The van der Waals surface area contributed by atoms with Crippen LogP contribution in [0.15, 0.2) is 48.5 Å². The van der Waals surface area contributed by atoms with Gasteiger partial charge in [-0.2, -0.15) is 0 Å². The molecule has 32 heavy (non-hydrogen) atoms. The molecule has 0 saturated carbocycles. The maximum atomic E-state index is 13.4. The van der Waals surface area contributed by atoms with Crippen molar-refractivity contribution in [2.75, 3.05) is 0 Å². The second-order valence-electron chi connectivity index (χ2n) is 8.79. The monoisotopic (exact) mass is 440 g/mol. The summed E-state index contributed by atoms with van der Waals surface area (Å²) in [5.74, 6) is -0.0729. The first-order valence-electron chi connectivity index (χ1n) is 11.7. The largest absolute Gasteiger partial charge is 0.352 e. The third-order valence-electron chi connectivity index (χ3n) is 5.93. The van der Waals surface area contributed by atoms with Gasteiger partial charge in [0, 0.05) is 19.0 Å². The zero-order valence-electron chi connectivity index (χ0n) is 20.0. The first-order chi connectivity index (χ1) is 15.2. The van der Waals surface area contributed by atoms with Crippen molar-refractivity contribution in [1.29, 1.82) is 0 Å². The third-order valence-corrected chi connectivity index (χ3v) is 5.93. The molecule has 5 heteroatoms. The van der Waals surface area contributed by atoms with Crippen LogP contribution in [-0.4, -0.2) is 28.8 Å². The molecule has 2 aromatic rings. The Hall–Kier alpha value is -2.69. The van der Waals surface area contributed by atoms with E-state index in [0.29, 0.717) is 25.2 Å². The van der Waals surface area contributed by atoms with Gasteiger partial charge in [0.2, 0.25) is 11.8 Å². The number of hydrogen-bond acceptors (Lipinski definition) is 2. The Morgan fingerprint density at radius 1 is 0.906 bits per heavy atom. The van der Waals surface area contributed by atoms with Crippen LogP contribution in [0, 0.1) is 5.82 Å². The van der Waals surface area contributed by atoms with E-state index in [-0.39, 0.29) is 30.2 Å². The minimum atomic E-state index is -0.565. The van der Waals surface area contributed by atoms with Crippen LogP contribution in [-0.2, 0) is 22.6 Å². The van der Waals surface area contributed by atoms with E-state index >= 15 is 0 Å². The smallest absolute Gasteiger partial charge is 0.243 e. The number of rotatable bonds is 11. The Bertz CT molecular complexity index is 862. The molecule has 0 saturated heterocycles. The van der Waals surface area contributed by atoms with Gasteiger partial charge in [-0.05, 0) is 60.9 Å². The molecule has 0 bridgehead atoms. The van der Waals surface area contributed by atoms with E-state index in [9.17, 15) is 14.0 Å². The number of nitrogens with one attached hydrogen (secondary N) is 1. The second-order valence-corrected chi connectivity index (χ2v) is 8.79. The molecule has 0 aliphatic heterocycles. The first kappa shape index (κ1) is 25.6. The van der Waals surface area contributed by atoms with E-state index in [1.807, 2.05) is 20.8 Å². The van der Waals surface area contributed by atoms with Crippen molar-refractivity contribution in [1.82, 2.24) is 10.2 Å². The van der Waals surface area contributed by atoms with E-state index in [1.54, 1.807) is 17.0 Å². The highest BCUT2D eigenvalue weighted by atomic mass is 19.1. The van der Waals surface area contributed by atoms with Gasteiger partial charge in [-0.25, -0.2) is 4.39 Å². The summed E-state index contributed by atoms with van der Waals surface area (Å²) < 4.78 is 13.4. The van der Waals surface area contributed by atoms with Gasteiger partial charge in [0.1, 0.15) is 11.9 Å². The second kappa shape index (κ2) is 12.4. The number of carbonyl (C=O) groups excluding carboxylic acids is 2. The van der Waals surface area contributed by atoms with E-state index in [2.05, 4.69) is 43.4 Å². The third kappa shape index (κ3) is 7.47. The lowest BCUT2D eigenvalue weighted by atomic mass is 10.00. The number of halogens is 1. The van der Waals surface area contributed by atoms with Crippen molar-refractivity contribution < 1.29 is 14.0 Å². The number of nitrogens with zero attached hydrogens (tertiary/aromatic N) is 1. The van der Waals surface area contributed by atoms with Gasteiger partial charge in [0.05, 0.1) is 0 Å². The van der Waals surface area contributed by atoms with Crippen LogP contribution >= 0.6 is 0 Å². The molecule has 2 atom stereocenters. The van der Waals surface area contributed by atoms with Gasteiger partial charge in [-0.15, -0.1) is 0 Å². The molecule has 2 amide bonds. The highest BCUT2D eigenvalue weighted by Gasteiger charge is 2.29. The fraction of sp³-hybridized carbons (Fsp3) is 0.481. The van der Waals surface area contributed by atoms with Crippen LogP contribution in [0.25, 0.3) is 0 Å². The van der Waals surface area contributed by atoms with Crippen LogP contribution in [0.2, 0.25) is 0 Å². The van der Waals surface area contributed by atoms with E-state index in [1.165, 1.54) is 17.7 Å². The Kier molecular flexibility index (Phi) is 9.89. The SMILES string of the molecule is CC[C@H](C(=O)N[C@@H](C)CC)N(Cc1ccc(F)cc1)C(=O)CCc1ccc(C(C)C)cc1. The lowest BCUT2D eigenvalue weighted by molar-refractivity contribution is -0.141. The van der Waals surface area contributed by atoms with Crippen molar-refractivity contribution in [3.05, 3.63) is 71.0 Å². The number of hydrogen-bond donors (Lipinski definition) is 1. The summed E-state index contributed by atoms with van der Waals surface area (Å²) in [6, 6.07) is 13.9. The van der Waals surface area contributed by atoms with Crippen molar-refractivity contribution in [2.45, 2.75) is 84.8 Å². The molecule has 0 spiro atoms. The lowest BCUT2D eigenvalue weighted by Crippen LogP contribution is -2.50. The molecular formula is C27H37FN2O2. The summed E-state index contributed by atoms with van der Waals surface area (Å²) in [7, 11) is 0. The first-order valence-corrected chi connectivity index (χ1v) is 11.7. The Morgan fingerprint density at radius 2 is 1.50 bits per heavy atom. The highest BCUT2D eigenvalue weighted by molar-refractivity contribution is 5.87. The summed E-state index contributed by atoms with van der Waals surface area (Å²) in [6.07, 6.45) is 2.26. The van der Waals surface area contributed by atoms with Crippen LogP contribution < -0.4 is 5.32 Å². The Morgan fingerprint density at radius 3 is 2.03 bits per heavy atom. The van der Waals surface area contributed by atoms with E-state index < -0.39 is 6.04 Å². The van der Waals surface area contributed by atoms with Gasteiger partial charge in [-0.3, -0.25) is 9.59 Å². The van der Waals surface area contributed by atoms with Crippen LogP contribution in [0.1, 0.15) is 76.5 Å². The van der Waals surface area contributed by atoms with Crippen LogP contribution in [0.5, 0.6) is 0 Å². The van der Waals surface area contributed by atoms with Crippen LogP contribution in [0.4, 0.5) is 4.39 Å².